The van der Waals surface area contributed by atoms with Crippen LogP contribution in [0.25, 0.3) is 0 Å². The van der Waals surface area contributed by atoms with Crippen molar-refractivity contribution in [3.05, 3.63) is 0 Å². The minimum Gasteiger partial charge on any atom is -0.394 e. The summed E-state index contributed by atoms with van der Waals surface area (Å²) in [5.74, 6) is 0. The number of aliphatic hydroxyl groups is 4. The van der Waals surface area contributed by atoms with Crippen molar-refractivity contribution in [3.63, 3.8) is 0 Å². The first-order valence-electron chi connectivity index (χ1n) is 8.86. The zero-order valence-corrected chi connectivity index (χ0v) is 14.1. The summed E-state index contributed by atoms with van der Waals surface area (Å²) in [5.41, 5.74) is 0. The third-order valence-corrected chi connectivity index (χ3v) is 3.97. The van der Waals surface area contributed by atoms with Gasteiger partial charge in [0, 0.05) is 6.61 Å². The molecule has 4 N–H and O–H groups in total. The van der Waals surface area contributed by atoms with E-state index in [1.807, 2.05) is 0 Å². The molecule has 5 heteroatoms. The van der Waals surface area contributed by atoms with E-state index in [4.69, 9.17) is 14.9 Å². The van der Waals surface area contributed by atoms with Gasteiger partial charge in [-0.15, -0.1) is 0 Å². The molecule has 0 aromatic rings. The van der Waals surface area contributed by atoms with E-state index in [1.54, 1.807) is 0 Å². The van der Waals surface area contributed by atoms with Crippen molar-refractivity contribution in [2.75, 3.05) is 19.8 Å². The van der Waals surface area contributed by atoms with Crippen LogP contribution in [0.2, 0.25) is 0 Å². The minimum atomic E-state index is -1.27. The van der Waals surface area contributed by atoms with Gasteiger partial charge in [0.15, 0.2) is 0 Å². The van der Waals surface area contributed by atoms with Crippen LogP contribution in [0.15, 0.2) is 0 Å². The molecule has 0 saturated heterocycles. The van der Waals surface area contributed by atoms with E-state index >= 15 is 0 Å². The molecule has 0 aliphatic heterocycles. The zero-order valence-electron chi connectivity index (χ0n) is 14.1. The normalized spacial score (nSPS) is 15.7. The molecule has 5 nitrogen and oxygen atoms in total. The molecule has 134 valence electrons. The lowest BCUT2D eigenvalue weighted by Gasteiger charge is -2.24. The summed E-state index contributed by atoms with van der Waals surface area (Å²) in [5, 5.41) is 36.8. The number of hydrogen-bond acceptors (Lipinski definition) is 5. The average molecular weight is 320 g/mol. The summed E-state index contributed by atoms with van der Waals surface area (Å²) in [6.07, 6.45) is 9.00. The first-order valence-corrected chi connectivity index (χ1v) is 8.86. The second-order valence-electron chi connectivity index (χ2n) is 6.01. The lowest BCUT2D eigenvalue weighted by atomic mass is 10.1. The van der Waals surface area contributed by atoms with Crippen LogP contribution in [-0.4, -0.2) is 58.6 Å². The molecule has 0 bridgehead atoms. The summed E-state index contributed by atoms with van der Waals surface area (Å²) >= 11 is 0. The van der Waals surface area contributed by atoms with Gasteiger partial charge in [0.25, 0.3) is 0 Å². The molecule has 0 amide bonds. The van der Waals surface area contributed by atoms with E-state index in [-0.39, 0.29) is 6.61 Å². The number of aliphatic hydroxyl groups excluding tert-OH is 4. The van der Waals surface area contributed by atoms with Gasteiger partial charge in [-0.3, -0.25) is 0 Å². The Morgan fingerprint density at radius 1 is 0.727 bits per heavy atom. The quantitative estimate of drug-likeness (QED) is 0.327. The van der Waals surface area contributed by atoms with E-state index in [2.05, 4.69) is 6.92 Å². The van der Waals surface area contributed by atoms with E-state index in [0.717, 1.165) is 12.8 Å². The Bertz CT molecular complexity index is 225. The van der Waals surface area contributed by atoms with E-state index in [0.29, 0.717) is 6.61 Å². The highest BCUT2D eigenvalue weighted by molar-refractivity contribution is 4.75. The minimum absolute atomic E-state index is 0.365. The Morgan fingerprint density at radius 3 is 1.68 bits per heavy atom. The highest BCUT2D eigenvalue weighted by Crippen LogP contribution is 2.11. The van der Waals surface area contributed by atoms with Crippen LogP contribution in [-0.2, 0) is 4.74 Å². The van der Waals surface area contributed by atoms with Crippen LogP contribution < -0.4 is 0 Å². The Morgan fingerprint density at radius 2 is 1.23 bits per heavy atom. The topological polar surface area (TPSA) is 90.2 Å². The van der Waals surface area contributed by atoms with Crippen LogP contribution in [0, 0.1) is 0 Å². The highest BCUT2D eigenvalue weighted by atomic mass is 16.5. The molecule has 0 aliphatic carbocycles. The standard InChI is InChI=1S/C17H36O5/c1-2-3-4-5-6-7-8-9-10-11-12-22-16(14-19)17(21)15(20)13-18/h15-21H,2-14H2,1H3/t15-,16+,17+/m1/s1. The molecular formula is C17H36O5. The molecule has 3 atom stereocenters. The largest absolute Gasteiger partial charge is 0.394 e. The Kier molecular flexibility index (Phi) is 15.5. The summed E-state index contributed by atoms with van der Waals surface area (Å²) in [6.45, 7) is 1.78. The SMILES string of the molecule is CCCCCCCCCCCCO[C@@H](CO)[C@@H](O)[C@H](O)CO. The lowest BCUT2D eigenvalue weighted by molar-refractivity contribution is -0.117. The van der Waals surface area contributed by atoms with Gasteiger partial charge in [-0.05, 0) is 6.42 Å². The summed E-state index contributed by atoms with van der Waals surface area (Å²) in [6, 6.07) is 0. The molecule has 0 heterocycles. The van der Waals surface area contributed by atoms with Crippen molar-refractivity contribution in [3.8, 4) is 0 Å². The summed E-state index contributed by atoms with van der Waals surface area (Å²) in [7, 11) is 0. The van der Waals surface area contributed by atoms with Crippen LogP contribution in [0.1, 0.15) is 71.1 Å². The van der Waals surface area contributed by atoms with Gasteiger partial charge in [-0.1, -0.05) is 64.7 Å². The van der Waals surface area contributed by atoms with Gasteiger partial charge >= 0.3 is 0 Å². The van der Waals surface area contributed by atoms with Crippen molar-refractivity contribution in [1.82, 2.24) is 0 Å². The van der Waals surface area contributed by atoms with E-state index in [1.165, 1.54) is 51.4 Å². The van der Waals surface area contributed by atoms with Gasteiger partial charge in [0.05, 0.1) is 13.2 Å². The first-order chi connectivity index (χ1) is 10.7. The first kappa shape index (κ1) is 21.8. The molecule has 22 heavy (non-hydrogen) atoms. The van der Waals surface area contributed by atoms with Crippen molar-refractivity contribution in [2.45, 2.75) is 89.4 Å². The molecule has 0 aromatic heterocycles. The fraction of sp³-hybridized carbons (Fsp3) is 1.00. The molecule has 0 spiro atoms. The molecule has 0 aliphatic rings. The van der Waals surface area contributed by atoms with Crippen LogP contribution in [0.3, 0.4) is 0 Å². The Labute approximate surface area is 135 Å². The highest BCUT2D eigenvalue weighted by Gasteiger charge is 2.25. The second-order valence-corrected chi connectivity index (χ2v) is 6.01. The molecule has 0 unspecified atom stereocenters. The van der Waals surface area contributed by atoms with E-state index < -0.39 is 24.9 Å². The molecule has 0 saturated carbocycles. The van der Waals surface area contributed by atoms with Gasteiger partial charge < -0.3 is 25.2 Å². The van der Waals surface area contributed by atoms with Crippen LogP contribution in [0.5, 0.6) is 0 Å². The fourth-order valence-corrected chi connectivity index (χ4v) is 2.44. The van der Waals surface area contributed by atoms with Gasteiger partial charge in [-0.25, -0.2) is 0 Å². The maximum Gasteiger partial charge on any atom is 0.110 e. The monoisotopic (exact) mass is 320 g/mol. The number of hydrogen-bond donors (Lipinski definition) is 4. The van der Waals surface area contributed by atoms with Crippen molar-refractivity contribution >= 4 is 0 Å². The lowest BCUT2D eigenvalue weighted by Crippen LogP contribution is -2.43. The number of unbranched alkanes of at least 4 members (excludes halogenated alkanes) is 9. The molecule has 0 rings (SSSR count). The smallest absolute Gasteiger partial charge is 0.110 e. The molecule has 0 aromatic carbocycles. The average Bonchev–Trinajstić information content (AvgIpc) is 2.54. The van der Waals surface area contributed by atoms with Gasteiger partial charge in [0.2, 0.25) is 0 Å². The van der Waals surface area contributed by atoms with Crippen LogP contribution in [0.4, 0.5) is 0 Å². The van der Waals surface area contributed by atoms with Crippen molar-refractivity contribution in [1.29, 1.82) is 0 Å². The number of rotatable bonds is 16. The Balaban J connectivity index is 3.43. The predicted molar refractivity (Wildman–Crippen MR) is 87.8 cm³/mol. The summed E-state index contributed by atoms with van der Waals surface area (Å²) in [4.78, 5) is 0. The molecular weight excluding hydrogens is 284 g/mol. The molecule has 0 radical (unpaired) electrons. The van der Waals surface area contributed by atoms with Gasteiger partial charge in [0.1, 0.15) is 18.3 Å². The number of ether oxygens (including phenoxy) is 1. The predicted octanol–water partition coefficient (Wildman–Crippen LogP) is 2.00. The zero-order chi connectivity index (χ0) is 16.6. The van der Waals surface area contributed by atoms with Crippen molar-refractivity contribution in [2.24, 2.45) is 0 Å². The molecule has 0 fully saturated rings. The van der Waals surface area contributed by atoms with E-state index in [9.17, 15) is 10.2 Å². The van der Waals surface area contributed by atoms with Crippen LogP contribution >= 0.6 is 0 Å². The maximum atomic E-state index is 9.64. The summed E-state index contributed by atoms with van der Waals surface area (Å²) < 4.78 is 5.38. The Hall–Kier alpha value is -0.200. The maximum absolute atomic E-state index is 9.64. The fourth-order valence-electron chi connectivity index (χ4n) is 2.44. The second kappa shape index (κ2) is 15.7. The third-order valence-electron chi connectivity index (χ3n) is 3.97. The third kappa shape index (κ3) is 11.4. The van der Waals surface area contributed by atoms with Crippen molar-refractivity contribution < 1.29 is 25.2 Å². The van der Waals surface area contributed by atoms with Gasteiger partial charge in [-0.2, -0.15) is 0 Å².